The van der Waals surface area contributed by atoms with E-state index in [0.717, 1.165) is 41.1 Å². The summed E-state index contributed by atoms with van der Waals surface area (Å²) in [6, 6.07) is 7.29. The van der Waals surface area contributed by atoms with Gasteiger partial charge < -0.3 is 25.4 Å². The number of carbonyl (C=O) groups is 1. The molecular formula is C24H28N4O3S. The van der Waals surface area contributed by atoms with Crippen LogP contribution in [0.3, 0.4) is 0 Å². The molecule has 2 aromatic heterocycles. The van der Waals surface area contributed by atoms with Crippen molar-refractivity contribution in [3.63, 3.8) is 0 Å². The van der Waals surface area contributed by atoms with Crippen LogP contribution in [0.5, 0.6) is 5.75 Å². The lowest BCUT2D eigenvalue weighted by Crippen LogP contribution is -2.34. The molecule has 7 nitrogen and oxygen atoms in total. The molecule has 1 amide bonds. The summed E-state index contributed by atoms with van der Waals surface area (Å²) in [5.74, 6) is 1.43. The largest absolute Gasteiger partial charge is 0.497 e. The van der Waals surface area contributed by atoms with Gasteiger partial charge in [0.25, 0.3) is 5.91 Å². The molecule has 168 valence electrons. The van der Waals surface area contributed by atoms with E-state index in [1.54, 1.807) is 13.2 Å². The molecule has 0 bridgehead atoms. The molecule has 2 aliphatic heterocycles. The fourth-order valence-corrected chi connectivity index (χ4v) is 5.61. The average Bonchev–Trinajstić information content (AvgIpc) is 3.41. The Balaban J connectivity index is 1.59. The molecule has 0 spiro atoms. The van der Waals surface area contributed by atoms with Crippen molar-refractivity contribution in [3.05, 3.63) is 40.3 Å². The Hall–Kier alpha value is -2.84. The summed E-state index contributed by atoms with van der Waals surface area (Å²) in [4.78, 5) is 21.8. The van der Waals surface area contributed by atoms with Crippen molar-refractivity contribution < 1.29 is 14.3 Å². The Morgan fingerprint density at radius 3 is 2.81 bits per heavy atom. The van der Waals surface area contributed by atoms with Crippen molar-refractivity contribution >= 4 is 44.7 Å². The van der Waals surface area contributed by atoms with E-state index in [-0.39, 0.29) is 11.5 Å². The van der Waals surface area contributed by atoms with Gasteiger partial charge in [-0.3, -0.25) is 4.79 Å². The van der Waals surface area contributed by atoms with Crippen LogP contribution < -0.4 is 20.7 Å². The molecule has 8 heteroatoms. The van der Waals surface area contributed by atoms with Gasteiger partial charge in [-0.05, 0) is 44.4 Å². The number of hydrogen-bond donors (Lipinski definition) is 2. The van der Waals surface area contributed by atoms with E-state index in [0.29, 0.717) is 28.6 Å². The first-order chi connectivity index (χ1) is 15.4. The van der Waals surface area contributed by atoms with E-state index < -0.39 is 0 Å². The quantitative estimate of drug-likeness (QED) is 0.602. The monoisotopic (exact) mass is 452 g/mol. The number of nitrogen functional groups attached to an aromatic ring is 1. The second kappa shape index (κ2) is 7.94. The van der Waals surface area contributed by atoms with Gasteiger partial charge in [-0.2, -0.15) is 0 Å². The molecule has 0 unspecified atom stereocenters. The second-order valence-corrected chi connectivity index (χ2v) is 10.0. The normalized spacial score (nSPS) is 17.4. The molecular weight excluding hydrogens is 424 g/mol. The lowest BCUT2D eigenvalue weighted by Gasteiger charge is -2.34. The van der Waals surface area contributed by atoms with Crippen LogP contribution in [-0.2, 0) is 17.8 Å². The number of benzene rings is 1. The number of nitrogens with one attached hydrogen (secondary N) is 1. The van der Waals surface area contributed by atoms with Crippen LogP contribution in [-0.4, -0.2) is 36.7 Å². The lowest BCUT2D eigenvalue weighted by atomic mass is 9.90. The molecule has 2 aliphatic rings. The molecule has 1 aromatic carbocycles. The van der Waals surface area contributed by atoms with Crippen molar-refractivity contribution in [2.45, 2.75) is 45.3 Å². The van der Waals surface area contributed by atoms with Crippen LogP contribution in [0.25, 0.3) is 10.2 Å². The predicted octanol–water partition coefficient (Wildman–Crippen LogP) is 4.59. The SMILES string of the molecule is COc1cccc(NC(=O)c2sc3nc(N4CCCC4)c4c(c3c2N)CC(C)(C)OC4)c1. The number of nitrogens with zero attached hydrogens (tertiary/aromatic N) is 2. The van der Waals surface area contributed by atoms with Crippen LogP contribution in [0.4, 0.5) is 17.2 Å². The van der Waals surface area contributed by atoms with Gasteiger partial charge in [-0.1, -0.05) is 6.07 Å². The number of thiophene rings is 1. The molecule has 1 fully saturated rings. The van der Waals surface area contributed by atoms with Gasteiger partial charge in [0.05, 0.1) is 25.0 Å². The van der Waals surface area contributed by atoms with Crippen molar-refractivity contribution in [1.29, 1.82) is 0 Å². The van der Waals surface area contributed by atoms with Crippen LogP contribution in [0, 0.1) is 0 Å². The number of rotatable bonds is 4. The highest BCUT2D eigenvalue weighted by Crippen LogP contribution is 2.44. The molecule has 0 atom stereocenters. The summed E-state index contributed by atoms with van der Waals surface area (Å²) in [6.07, 6.45) is 3.07. The van der Waals surface area contributed by atoms with Crippen molar-refractivity contribution in [2.24, 2.45) is 0 Å². The van der Waals surface area contributed by atoms with Gasteiger partial charge in [0, 0.05) is 42.2 Å². The smallest absolute Gasteiger partial charge is 0.267 e. The van der Waals surface area contributed by atoms with Gasteiger partial charge in [-0.25, -0.2) is 4.98 Å². The van der Waals surface area contributed by atoms with E-state index in [4.69, 9.17) is 20.2 Å². The summed E-state index contributed by atoms with van der Waals surface area (Å²) >= 11 is 1.36. The molecule has 0 aliphatic carbocycles. The molecule has 0 saturated carbocycles. The third kappa shape index (κ3) is 3.67. The van der Waals surface area contributed by atoms with Crippen molar-refractivity contribution in [3.8, 4) is 5.75 Å². The molecule has 5 rings (SSSR count). The minimum atomic E-state index is -0.291. The maximum absolute atomic E-state index is 13.2. The lowest BCUT2D eigenvalue weighted by molar-refractivity contribution is -0.0395. The average molecular weight is 453 g/mol. The third-order valence-corrected chi connectivity index (χ3v) is 7.32. The minimum absolute atomic E-state index is 0.235. The summed E-state index contributed by atoms with van der Waals surface area (Å²) in [5, 5.41) is 3.85. The van der Waals surface area contributed by atoms with E-state index >= 15 is 0 Å². The first-order valence-electron chi connectivity index (χ1n) is 10.9. The fourth-order valence-electron chi connectivity index (χ4n) is 4.59. The first kappa shape index (κ1) is 21.0. The molecule has 1 saturated heterocycles. The maximum Gasteiger partial charge on any atom is 0.267 e. The summed E-state index contributed by atoms with van der Waals surface area (Å²) in [7, 11) is 1.60. The number of amides is 1. The Bertz CT molecular complexity index is 1200. The van der Waals surface area contributed by atoms with Crippen LogP contribution >= 0.6 is 11.3 Å². The summed E-state index contributed by atoms with van der Waals surface area (Å²) < 4.78 is 11.4. The highest BCUT2D eigenvalue weighted by Gasteiger charge is 2.34. The third-order valence-electron chi connectivity index (χ3n) is 6.22. The number of nitrogens with two attached hydrogens (primary N) is 1. The number of hydrogen-bond acceptors (Lipinski definition) is 7. The van der Waals surface area contributed by atoms with E-state index in [9.17, 15) is 4.79 Å². The molecule has 0 radical (unpaired) electrons. The van der Waals surface area contributed by atoms with Crippen LogP contribution in [0.1, 0.15) is 47.5 Å². The Kier molecular flexibility index (Phi) is 5.22. The second-order valence-electron chi connectivity index (χ2n) is 9.02. The number of methoxy groups -OCH3 is 1. The highest BCUT2D eigenvalue weighted by molar-refractivity contribution is 7.21. The van der Waals surface area contributed by atoms with Crippen LogP contribution in [0.2, 0.25) is 0 Å². The maximum atomic E-state index is 13.2. The Labute approximate surface area is 191 Å². The Morgan fingerprint density at radius 2 is 2.06 bits per heavy atom. The standard InChI is InChI=1S/C24H28N4O3S/c1-24(2)12-16-17(13-31-24)21(28-9-4-5-10-28)27-23-18(16)19(25)20(32-23)22(29)26-14-7-6-8-15(11-14)30-3/h6-8,11H,4-5,9-10,12-13,25H2,1-3H3,(H,26,29). The number of carbonyl (C=O) groups excluding carboxylic acids is 1. The molecule has 4 heterocycles. The van der Waals surface area contributed by atoms with Crippen molar-refractivity contribution in [1.82, 2.24) is 4.98 Å². The predicted molar refractivity (Wildman–Crippen MR) is 129 cm³/mol. The Morgan fingerprint density at radius 1 is 1.28 bits per heavy atom. The van der Waals surface area contributed by atoms with Crippen LogP contribution in [0.15, 0.2) is 24.3 Å². The first-order valence-corrected chi connectivity index (χ1v) is 11.8. The zero-order valence-corrected chi connectivity index (χ0v) is 19.5. The van der Waals surface area contributed by atoms with E-state index in [1.165, 1.54) is 29.7 Å². The molecule has 32 heavy (non-hydrogen) atoms. The highest BCUT2D eigenvalue weighted by atomic mass is 32.1. The molecule has 3 aromatic rings. The van der Waals surface area contributed by atoms with Gasteiger partial charge >= 0.3 is 0 Å². The topological polar surface area (TPSA) is 89.7 Å². The number of pyridine rings is 1. The van der Waals surface area contributed by atoms with E-state index in [1.807, 2.05) is 18.2 Å². The van der Waals surface area contributed by atoms with E-state index in [2.05, 4.69) is 24.1 Å². The number of fused-ring (bicyclic) bond motifs is 3. The number of anilines is 3. The number of ether oxygens (including phenoxy) is 2. The van der Waals surface area contributed by atoms with Crippen molar-refractivity contribution in [2.75, 3.05) is 36.1 Å². The van der Waals surface area contributed by atoms with Gasteiger partial charge in [0.1, 0.15) is 21.3 Å². The van der Waals surface area contributed by atoms with Gasteiger partial charge in [-0.15, -0.1) is 11.3 Å². The zero-order chi connectivity index (χ0) is 22.5. The minimum Gasteiger partial charge on any atom is -0.497 e. The summed E-state index contributed by atoms with van der Waals surface area (Å²) in [6.45, 7) is 6.70. The number of aromatic nitrogens is 1. The van der Waals surface area contributed by atoms with Gasteiger partial charge in [0.15, 0.2) is 0 Å². The fraction of sp³-hybridized carbons (Fsp3) is 0.417. The van der Waals surface area contributed by atoms with Gasteiger partial charge in [0.2, 0.25) is 0 Å². The summed E-state index contributed by atoms with van der Waals surface area (Å²) in [5.41, 5.74) is 9.75. The zero-order valence-electron chi connectivity index (χ0n) is 18.7. The molecule has 3 N–H and O–H groups in total.